The van der Waals surface area contributed by atoms with Crippen molar-refractivity contribution in [3.63, 3.8) is 0 Å². The fourth-order valence-corrected chi connectivity index (χ4v) is 1.44. The van der Waals surface area contributed by atoms with Crippen molar-refractivity contribution in [3.05, 3.63) is 33.9 Å². The summed E-state index contributed by atoms with van der Waals surface area (Å²) in [4.78, 5) is 10.0. The van der Waals surface area contributed by atoms with Gasteiger partial charge < -0.3 is 4.74 Å². The molecule has 2 rings (SSSR count). The quantitative estimate of drug-likeness (QED) is 0.382. The van der Waals surface area contributed by atoms with Crippen LogP contribution in [0.1, 0.15) is 5.56 Å². The molecule has 0 saturated heterocycles. The summed E-state index contributed by atoms with van der Waals surface area (Å²) in [6.45, 7) is 0. The molecule has 1 aromatic carbocycles. The van der Waals surface area contributed by atoms with Crippen LogP contribution in [0.4, 0.5) is 5.69 Å². The number of non-ortho nitro benzene ring substituents is 1. The van der Waals surface area contributed by atoms with Gasteiger partial charge in [0.1, 0.15) is 5.75 Å². The highest BCUT2D eigenvalue weighted by atomic mass is 16.6. The maximum Gasteiger partial charge on any atom is 0.269 e. The Balaban J connectivity index is 2.36. The smallest absolute Gasteiger partial charge is 0.269 e. The molecular weight excluding hydrogens is 182 g/mol. The third-order valence-corrected chi connectivity index (χ3v) is 2.12. The Morgan fingerprint density at radius 2 is 2.43 bits per heavy atom. The minimum atomic E-state index is -0.427. The lowest BCUT2D eigenvalue weighted by Crippen LogP contribution is -2.08. The molecule has 0 fully saturated rings. The molecule has 0 radical (unpaired) electrons. The van der Waals surface area contributed by atoms with Crippen LogP contribution >= 0.6 is 0 Å². The zero-order chi connectivity index (χ0) is 10.1. The first-order chi connectivity index (χ1) is 6.70. The van der Waals surface area contributed by atoms with Crippen molar-refractivity contribution in [2.24, 2.45) is 0 Å². The largest absolute Gasteiger partial charge is 0.477 e. The van der Waals surface area contributed by atoms with E-state index in [1.165, 1.54) is 12.1 Å². The first-order valence-corrected chi connectivity index (χ1v) is 4.11. The van der Waals surface area contributed by atoms with Gasteiger partial charge in [-0.1, -0.05) is 5.92 Å². The standard InChI is InChI=1S/C10H7NO3/c1-2-9-6-7-5-8(11(12)13)3-4-10(7)14-9/h1,3-5,9H,6H2. The molecule has 1 unspecified atom stereocenters. The minimum Gasteiger partial charge on any atom is -0.477 e. The first kappa shape index (κ1) is 8.57. The van der Waals surface area contributed by atoms with E-state index in [-0.39, 0.29) is 11.8 Å². The van der Waals surface area contributed by atoms with Crippen molar-refractivity contribution in [2.75, 3.05) is 0 Å². The van der Waals surface area contributed by atoms with E-state index in [4.69, 9.17) is 11.2 Å². The molecule has 1 aromatic rings. The molecule has 1 aliphatic heterocycles. The van der Waals surface area contributed by atoms with Crippen LogP contribution in [-0.2, 0) is 6.42 Å². The van der Waals surface area contributed by atoms with E-state index in [2.05, 4.69) is 5.92 Å². The molecule has 0 aliphatic carbocycles. The van der Waals surface area contributed by atoms with Gasteiger partial charge in [0.15, 0.2) is 6.10 Å². The van der Waals surface area contributed by atoms with Crippen molar-refractivity contribution in [1.82, 2.24) is 0 Å². The Hall–Kier alpha value is -2.02. The lowest BCUT2D eigenvalue weighted by Gasteiger charge is -2.00. The van der Waals surface area contributed by atoms with Gasteiger partial charge in [-0.25, -0.2) is 0 Å². The van der Waals surface area contributed by atoms with E-state index >= 15 is 0 Å². The highest BCUT2D eigenvalue weighted by Crippen LogP contribution is 2.31. The molecular formula is C10H7NO3. The summed E-state index contributed by atoms with van der Waals surface area (Å²) >= 11 is 0. The summed E-state index contributed by atoms with van der Waals surface area (Å²) in [5.74, 6) is 3.12. The van der Waals surface area contributed by atoms with Gasteiger partial charge in [0, 0.05) is 24.1 Å². The second kappa shape index (κ2) is 3.04. The highest BCUT2D eigenvalue weighted by molar-refractivity contribution is 5.47. The average Bonchev–Trinajstić information content (AvgIpc) is 2.58. The van der Waals surface area contributed by atoms with Crippen LogP contribution in [0.25, 0.3) is 0 Å². The summed E-state index contributed by atoms with van der Waals surface area (Å²) in [6.07, 6.45) is 5.47. The van der Waals surface area contributed by atoms with Crippen molar-refractivity contribution in [1.29, 1.82) is 0 Å². The zero-order valence-corrected chi connectivity index (χ0v) is 7.27. The van der Waals surface area contributed by atoms with E-state index < -0.39 is 4.92 Å². The van der Waals surface area contributed by atoms with E-state index in [1.54, 1.807) is 6.07 Å². The van der Waals surface area contributed by atoms with E-state index in [0.717, 1.165) is 5.56 Å². The van der Waals surface area contributed by atoms with Crippen LogP contribution in [-0.4, -0.2) is 11.0 Å². The number of nitro groups is 1. The van der Waals surface area contributed by atoms with Crippen LogP contribution < -0.4 is 4.74 Å². The lowest BCUT2D eigenvalue weighted by molar-refractivity contribution is -0.384. The average molecular weight is 189 g/mol. The lowest BCUT2D eigenvalue weighted by atomic mass is 10.1. The summed E-state index contributed by atoms with van der Waals surface area (Å²) in [5, 5.41) is 10.5. The number of fused-ring (bicyclic) bond motifs is 1. The molecule has 0 bridgehead atoms. The fourth-order valence-electron chi connectivity index (χ4n) is 1.44. The zero-order valence-electron chi connectivity index (χ0n) is 7.27. The van der Waals surface area contributed by atoms with E-state index in [9.17, 15) is 10.1 Å². The van der Waals surface area contributed by atoms with Crippen molar-refractivity contribution >= 4 is 5.69 Å². The van der Waals surface area contributed by atoms with Gasteiger partial charge in [-0.2, -0.15) is 0 Å². The Morgan fingerprint density at radius 1 is 1.64 bits per heavy atom. The number of hydrogen-bond donors (Lipinski definition) is 0. The SMILES string of the molecule is C#CC1Cc2cc([N+](=O)[O-])ccc2O1. The second-order valence-electron chi connectivity index (χ2n) is 3.03. The van der Waals surface area contributed by atoms with Gasteiger partial charge in [-0.15, -0.1) is 6.42 Å². The number of ether oxygens (including phenoxy) is 1. The molecule has 0 aromatic heterocycles. The first-order valence-electron chi connectivity index (χ1n) is 4.11. The highest BCUT2D eigenvalue weighted by Gasteiger charge is 2.22. The maximum atomic E-state index is 10.5. The third kappa shape index (κ3) is 1.29. The number of hydrogen-bond acceptors (Lipinski definition) is 3. The second-order valence-corrected chi connectivity index (χ2v) is 3.03. The van der Waals surface area contributed by atoms with Gasteiger partial charge in [0.05, 0.1) is 4.92 Å². The molecule has 4 heteroatoms. The Labute approximate surface area is 80.7 Å². The maximum absolute atomic E-state index is 10.5. The topological polar surface area (TPSA) is 52.4 Å². The van der Waals surface area contributed by atoms with Crippen LogP contribution in [0, 0.1) is 22.5 Å². The molecule has 14 heavy (non-hydrogen) atoms. The van der Waals surface area contributed by atoms with Crippen LogP contribution in [0.2, 0.25) is 0 Å². The minimum absolute atomic E-state index is 0.0741. The molecule has 4 nitrogen and oxygen atoms in total. The summed E-state index contributed by atoms with van der Waals surface area (Å²) < 4.78 is 5.33. The number of nitrogens with zero attached hydrogens (tertiary/aromatic N) is 1. The molecule has 0 saturated carbocycles. The van der Waals surface area contributed by atoms with Crippen LogP contribution in [0.15, 0.2) is 18.2 Å². The van der Waals surface area contributed by atoms with Crippen molar-refractivity contribution in [2.45, 2.75) is 12.5 Å². The van der Waals surface area contributed by atoms with Crippen molar-refractivity contribution < 1.29 is 9.66 Å². The summed E-state index contributed by atoms with van der Waals surface area (Å²) in [6, 6.07) is 4.51. The predicted molar refractivity (Wildman–Crippen MR) is 50.0 cm³/mol. The normalized spacial score (nSPS) is 18.1. The van der Waals surface area contributed by atoms with Crippen LogP contribution in [0.5, 0.6) is 5.75 Å². The third-order valence-electron chi connectivity index (χ3n) is 2.12. The number of rotatable bonds is 1. The van der Waals surface area contributed by atoms with Gasteiger partial charge in [-0.05, 0) is 6.07 Å². The van der Waals surface area contributed by atoms with Gasteiger partial charge >= 0.3 is 0 Å². The summed E-state index contributed by atoms with van der Waals surface area (Å²) in [7, 11) is 0. The number of terminal acetylenes is 1. The fraction of sp³-hybridized carbons (Fsp3) is 0.200. The molecule has 1 heterocycles. The Morgan fingerprint density at radius 3 is 3.07 bits per heavy atom. The molecule has 1 aliphatic rings. The molecule has 0 N–H and O–H groups in total. The van der Waals surface area contributed by atoms with Gasteiger partial charge in [0.2, 0.25) is 0 Å². The monoisotopic (exact) mass is 189 g/mol. The molecule has 70 valence electrons. The van der Waals surface area contributed by atoms with Crippen molar-refractivity contribution in [3.8, 4) is 18.1 Å². The Bertz CT molecular complexity index is 433. The van der Waals surface area contributed by atoms with Gasteiger partial charge in [0.25, 0.3) is 5.69 Å². The summed E-state index contributed by atoms with van der Waals surface area (Å²) in [5.41, 5.74) is 0.882. The predicted octanol–water partition coefficient (Wildman–Crippen LogP) is 1.53. The molecule has 0 spiro atoms. The van der Waals surface area contributed by atoms with E-state index in [0.29, 0.717) is 12.2 Å². The van der Waals surface area contributed by atoms with Crippen LogP contribution in [0.3, 0.4) is 0 Å². The van der Waals surface area contributed by atoms with Gasteiger partial charge in [-0.3, -0.25) is 10.1 Å². The molecule has 0 amide bonds. The molecule has 1 atom stereocenters. The number of benzene rings is 1. The van der Waals surface area contributed by atoms with E-state index in [1.807, 2.05) is 0 Å². The Kier molecular flexibility index (Phi) is 1.86. The number of nitro benzene ring substituents is 1.